The van der Waals surface area contributed by atoms with Crippen molar-refractivity contribution in [3.8, 4) is 5.75 Å². The molecule has 1 rings (SSSR count). The van der Waals surface area contributed by atoms with Crippen LogP contribution in [0.1, 0.15) is 18.5 Å². The standard InChI is InChI=1S/C13H21FN2O/c1-10(16(4)8-7-15(2)3)12-6-5-11(17)9-13(12)14/h5-6,9-10,17H,7-8H2,1-4H3. The molecule has 0 fully saturated rings. The maximum Gasteiger partial charge on any atom is 0.131 e. The number of phenols is 1. The van der Waals surface area contributed by atoms with Crippen LogP contribution in [0.4, 0.5) is 4.39 Å². The molecule has 4 heteroatoms. The lowest BCUT2D eigenvalue weighted by Gasteiger charge is -2.26. The van der Waals surface area contributed by atoms with E-state index in [1.807, 2.05) is 28.1 Å². The highest BCUT2D eigenvalue weighted by Gasteiger charge is 2.15. The molecule has 0 aliphatic carbocycles. The minimum Gasteiger partial charge on any atom is -0.508 e. The Morgan fingerprint density at radius 1 is 1.24 bits per heavy atom. The molecule has 1 N–H and O–H groups in total. The molecule has 0 saturated heterocycles. The van der Waals surface area contributed by atoms with Gasteiger partial charge in [-0.3, -0.25) is 4.90 Å². The topological polar surface area (TPSA) is 26.7 Å². The lowest BCUT2D eigenvalue weighted by atomic mass is 10.1. The summed E-state index contributed by atoms with van der Waals surface area (Å²) in [5.74, 6) is -0.386. The number of likely N-dealkylation sites (N-methyl/N-ethyl adjacent to an activating group) is 2. The van der Waals surface area contributed by atoms with Crippen LogP contribution in [0, 0.1) is 5.82 Å². The van der Waals surface area contributed by atoms with Gasteiger partial charge in [0, 0.05) is 30.8 Å². The fraction of sp³-hybridized carbons (Fsp3) is 0.538. The number of hydrogen-bond acceptors (Lipinski definition) is 3. The Morgan fingerprint density at radius 3 is 2.41 bits per heavy atom. The number of benzene rings is 1. The van der Waals surface area contributed by atoms with E-state index in [2.05, 4.69) is 9.80 Å². The second-order valence-corrected chi connectivity index (χ2v) is 4.67. The molecule has 0 radical (unpaired) electrons. The van der Waals surface area contributed by atoms with Gasteiger partial charge in [0.1, 0.15) is 11.6 Å². The van der Waals surface area contributed by atoms with Gasteiger partial charge in [0.25, 0.3) is 0 Å². The summed E-state index contributed by atoms with van der Waals surface area (Å²) in [7, 11) is 6.00. The summed E-state index contributed by atoms with van der Waals surface area (Å²) in [5, 5.41) is 9.17. The van der Waals surface area contributed by atoms with Crippen molar-refractivity contribution in [3.05, 3.63) is 29.6 Å². The third kappa shape index (κ3) is 3.98. The molecule has 17 heavy (non-hydrogen) atoms. The summed E-state index contributed by atoms with van der Waals surface area (Å²) in [4.78, 5) is 4.19. The molecule has 1 aromatic rings. The van der Waals surface area contributed by atoms with Crippen LogP contribution in [0.2, 0.25) is 0 Å². The highest BCUT2D eigenvalue weighted by Crippen LogP contribution is 2.24. The second-order valence-electron chi connectivity index (χ2n) is 4.67. The van der Waals surface area contributed by atoms with E-state index in [9.17, 15) is 9.50 Å². The molecule has 1 unspecified atom stereocenters. The maximum absolute atomic E-state index is 13.7. The molecular weight excluding hydrogens is 219 g/mol. The van der Waals surface area contributed by atoms with E-state index in [0.717, 1.165) is 19.2 Å². The summed E-state index contributed by atoms with van der Waals surface area (Å²) in [6, 6.07) is 4.32. The molecule has 1 aromatic carbocycles. The van der Waals surface area contributed by atoms with E-state index < -0.39 is 0 Å². The Hall–Kier alpha value is -1.13. The summed E-state index contributed by atoms with van der Waals surface area (Å²) in [6.45, 7) is 3.76. The van der Waals surface area contributed by atoms with Gasteiger partial charge in [0.2, 0.25) is 0 Å². The maximum atomic E-state index is 13.7. The van der Waals surface area contributed by atoms with Gasteiger partial charge in [0.05, 0.1) is 0 Å². The summed E-state index contributed by atoms with van der Waals surface area (Å²) in [6.07, 6.45) is 0. The molecule has 0 amide bonds. The molecule has 0 heterocycles. The highest BCUT2D eigenvalue weighted by molar-refractivity contribution is 5.29. The Balaban J connectivity index is 2.71. The number of aromatic hydroxyl groups is 1. The fourth-order valence-corrected chi connectivity index (χ4v) is 1.64. The lowest BCUT2D eigenvalue weighted by Crippen LogP contribution is -2.31. The lowest BCUT2D eigenvalue weighted by molar-refractivity contribution is 0.227. The van der Waals surface area contributed by atoms with Crippen LogP contribution in [0.3, 0.4) is 0 Å². The Morgan fingerprint density at radius 2 is 1.88 bits per heavy atom. The molecule has 3 nitrogen and oxygen atoms in total. The van der Waals surface area contributed by atoms with E-state index in [-0.39, 0.29) is 17.6 Å². The van der Waals surface area contributed by atoms with Gasteiger partial charge < -0.3 is 10.0 Å². The number of phenolic OH excluding ortho intramolecular Hbond substituents is 1. The third-order valence-corrected chi connectivity index (χ3v) is 3.00. The number of hydrogen-bond donors (Lipinski definition) is 1. The first-order chi connectivity index (χ1) is 7.91. The molecular formula is C13H21FN2O. The Labute approximate surface area is 102 Å². The van der Waals surface area contributed by atoms with Crippen LogP contribution >= 0.6 is 0 Å². The van der Waals surface area contributed by atoms with Crippen LogP contribution in [-0.2, 0) is 0 Å². The summed E-state index contributed by atoms with van der Waals surface area (Å²) >= 11 is 0. The Bertz CT molecular complexity index is 368. The normalized spacial score (nSPS) is 13.4. The van der Waals surface area contributed by atoms with Crippen molar-refractivity contribution < 1.29 is 9.50 Å². The SMILES string of the molecule is CC(c1ccc(O)cc1F)N(C)CCN(C)C. The third-order valence-electron chi connectivity index (χ3n) is 3.00. The zero-order valence-corrected chi connectivity index (χ0v) is 10.9. The molecule has 0 spiro atoms. The minimum atomic E-state index is -0.353. The Kier molecular flexibility index (Phi) is 4.90. The highest BCUT2D eigenvalue weighted by atomic mass is 19.1. The van der Waals surface area contributed by atoms with E-state index in [1.54, 1.807) is 6.07 Å². The van der Waals surface area contributed by atoms with E-state index >= 15 is 0 Å². The molecule has 0 aromatic heterocycles. The average Bonchev–Trinajstić information content (AvgIpc) is 2.25. The summed E-state index contributed by atoms with van der Waals surface area (Å²) < 4.78 is 13.7. The predicted octanol–water partition coefficient (Wildman–Crippen LogP) is 2.09. The van der Waals surface area contributed by atoms with Crippen molar-refractivity contribution in [2.75, 3.05) is 34.2 Å². The zero-order valence-electron chi connectivity index (χ0n) is 10.9. The van der Waals surface area contributed by atoms with Crippen molar-refractivity contribution in [1.82, 2.24) is 9.80 Å². The first kappa shape index (κ1) is 13.9. The largest absolute Gasteiger partial charge is 0.508 e. The van der Waals surface area contributed by atoms with Crippen LogP contribution in [-0.4, -0.2) is 49.1 Å². The minimum absolute atomic E-state index is 0.00412. The van der Waals surface area contributed by atoms with Gasteiger partial charge in [-0.15, -0.1) is 0 Å². The van der Waals surface area contributed by atoms with Gasteiger partial charge >= 0.3 is 0 Å². The molecule has 0 aliphatic rings. The fourth-order valence-electron chi connectivity index (χ4n) is 1.64. The zero-order chi connectivity index (χ0) is 13.0. The van der Waals surface area contributed by atoms with Crippen LogP contribution in [0.25, 0.3) is 0 Å². The first-order valence-electron chi connectivity index (χ1n) is 5.75. The van der Waals surface area contributed by atoms with Gasteiger partial charge in [-0.25, -0.2) is 4.39 Å². The van der Waals surface area contributed by atoms with Crippen LogP contribution in [0.15, 0.2) is 18.2 Å². The molecule has 96 valence electrons. The van der Waals surface area contributed by atoms with Crippen LogP contribution in [0.5, 0.6) is 5.75 Å². The molecule has 1 atom stereocenters. The number of rotatable bonds is 5. The van der Waals surface area contributed by atoms with Crippen molar-refractivity contribution >= 4 is 0 Å². The van der Waals surface area contributed by atoms with Crippen molar-refractivity contribution in [2.24, 2.45) is 0 Å². The van der Waals surface area contributed by atoms with E-state index in [0.29, 0.717) is 5.56 Å². The quantitative estimate of drug-likeness (QED) is 0.853. The summed E-state index contributed by atoms with van der Waals surface area (Å²) in [5.41, 5.74) is 0.615. The predicted molar refractivity (Wildman–Crippen MR) is 67.7 cm³/mol. The van der Waals surface area contributed by atoms with Gasteiger partial charge in [-0.1, -0.05) is 6.07 Å². The van der Waals surface area contributed by atoms with Crippen LogP contribution < -0.4 is 0 Å². The van der Waals surface area contributed by atoms with Crippen molar-refractivity contribution in [2.45, 2.75) is 13.0 Å². The van der Waals surface area contributed by atoms with Crippen molar-refractivity contribution in [1.29, 1.82) is 0 Å². The monoisotopic (exact) mass is 240 g/mol. The van der Waals surface area contributed by atoms with E-state index in [4.69, 9.17) is 0 Å². The van der Waals surface area contributed by atoms with Gasteiger partial charge in [0.15, 0.2) is 0 Å². The molecule has 0 aliphatic heterocycles. The second kappa shape index (κ2) is 5.98. The number of nitrogens with zero attached hydrogens (tertiary/aromatic N) is 2. The van der Waals surface area contributed by atoms with Gasteiger partial charge in [-0.05, 0) is 34.1 Å². The molecule has 0 bridgehead atoms. The first-order valence-corrected chi connectivity index (χ1v) is 5.75. The average molecular weight is 240 g/mol. The van der Waals surface area contributed by atoms with E-state index in [1.165, 1.54) is 6.07 Å². The smallest absolute Gasteiger partial charge is 0.131 e. The molecule has 0 saturated carbocycles. The van der Waals surface area contributed by atoms with Crippen molar-refractivity contribution in [3.63, 3.8) is 0 Å². The van der Waals surface area contributed by atoms with Gasteiger partial charge in [-0.2, -0.15) is 0 Å². The number of halogens is 1.